The molecule has 0 spiro atoms. The topological polar surface area (TPSA) is 9.23 Å². The van der Waals surface area contributed by atoms with Crippen molar-refractivity contribution in [3.63, 3.8) is 0 Å². The summed E-state index contributed by atoms with van der Waals surface area (Å²) in [6.07, 6.45) is 0. The quantitative estimate of drug-likeness (QED) is 0.146. The van der Waals surface area contributed by atoms with Crippen LogP contribution in [0.25, 0.3) is 22.3 Å². The van der Waals surface area contributed by atoms with Gasteiger partial charge in [-0.15, -0.1) is 0 Å². The van der Waals surface area contributed by atoms with Crippen LogP contribution in [0.5, 0.6) is 11.5 Å². The maximum atomic E-state index is 6.79. The minimum atomic E-state index is 0.669. The molecule has 0 unspecified atom stereocenters. The Bertz CT molecular complexity index is 1250. The first-order chi connectivity index (χ1) is 15.7. The van der Waals surface area contributed by atoms with E-state index < -0.39 is 0 Å². The lowest BCUT2D eigenvalue weighted by Gasteiger charge is -2.22. The third-order valence-corrected chi connectivity index (χ3v) is 14.2. The van der Waals surface area contributed by atoms with Crippen molar-refractivity contribution in [1.29, 1.82) is 0 Å². The lowest BCUT2D eigenvalue weighted by Crippen LogP contribution is -1.98. The van der Waals surface area contributed by atoms with Gasteiger partial charge >= 0.3 is 0 Å². The largest absolute Gasteiger partial charge is 0.454 e. The van der Waals surface area contributed by atoms with Crippen LogP contribution >= 0.6 is 127 Å². The Morgan fingerprint density at radius 3 is 1.00 bits per heavy atom. The van der Waals surface area contributed by atoms with Gasteiger partial charge in [-0.25, -0.2) is 0 Å². The van der Waals surface area contributed by atoms with Gasteiger partial charge in [0.2, 0.25) is 0 Å². The smallest absolute Gasteiger partial charge is 0.151 e. The molecule has 168 valence electrons. The van der Waals surface area contributed by atoms with Crippen LogP contribution in [0.3, 0.4) is 0 Å². The highest BCUT2D eigenvalue weighted by Crippen LogP contribution is 2.56. The van der Waals surface area contributed by atoms with Crippen LogP contribution in [0, 0.1) is 0 Å². The van der Waals surface area contributed by atoms with Crippen LogP contribution in [0.2, 0.25) is 0 Å². The molecule has 0 aliphatic rings. The minimum Gasteiger partial charge on any atom is -0.454 e. The summed E-state index contributed by atoms with van der Waals surface area (Å²) in [7, 11) is 0. The molecule has 0 aliphatic carbocycles. The Hall–Kier alpha value is 0.520. The third kappa shape index (κ3) is 5.17. The normalized spacial score (nSPS) is 11.0. The van der Waals surface area contributed by atoms with E-state index in [1.165, 1.54) is 0 Å². The summed E-state index contributed by atoms with van der Waals surface area (Å²) in [5.41, 5.74) is 3.86. The average Bonchev–Trinajstić information content (AvgIpc) is 2.84. The van der Waals surface area contributed by atoms with Gasteiger partial charge in [0, 0.05) is 29.0 Å². The molecule has 0 N–H and O–H groups in total. The van der Waals surface area contributed by atoms with Gasteiger partial charge in [-0.1, -0.05) is 60.7 Å². The van der Waals surface area contributed by atoms with Crippen molar-refractivity contribution < 1.29 is 4.74 Å². The number of hydrogen-bond donors (Lipinski definition) is 0. The minimum absolute atomic E-state index is 0.669. The summed E-state index contributed by atoms with van der Waals surface area (Å²) in [6, 6.07) is 20.2. The van der Waals surface area contributed by atoms with Crippen molar-refractivity contribution >= 4 is 127 Å². The summed E-state index contributed by atoms with van der Waals surface area (Å²) in [5, 5.41) is 0. The molecule has 0 saturated heterocycles. The Balaban J connectivity index is 2.06. The molecule has 0 fully saturated rings. The van der Waals surface area contributed by atoms with Gasteiger partial charge in [-0.2, -0.15) is 0 Å². The molecule has 9 heteroatoms. The molecule has 0 saturated carbocycles. The summed E-state index contributed by atoms with van der Waals surface area (Å²) in [5.74, 6) is 1.34. The monoisotopic (exact) mass is 945 g/mol. The van der Waals surface area contributed by atoms with Gasteiger partial charge in [0.05, 0.1) is 17.9 Å². The highest BCUT2D eigenvalue weighted by molar-refractivity contribution is 9.15. The third-order valence-electron chi connectivity index (χ3n) is 4.78. The number of halogens is 8. The fourth-order valence-corrected chi connectivity index (χ4v) is 8.03. The van der Waals surface area contributed by atoms with Crippen molar-refractivity contribution in [3.05, 3.63) is 96.4 Å². The molecule has 4 aromatic rings. The predicted molar refractivity (Wildman–Crippen MR) is 165 cm³/mol. The highest BCUT2D eigenvalue weighted by Gasteiger charge is 2.27. The predicted octanol–water partition coefficient (Wildman–Crippen LogP) is 12.9. The SMILES string of the molecule is Brc1c(Br)c(Br)c(-c2ccccc2)c(Oc2c(Br)c(Br)c(Br)c(Br)c2-c2ccccc2)c1Br. The molecule has 0 aliphatic heterocycles. The van der Waals surface area contributed by atoms with Gasteiger partial charge in [-0.3, -0.25) is 0 Å². The second-order valence-electron chi connectivity index (χ2n) is 6.75. The fourth-order valence-electron chi connectivity index (χ4n) is 3.24. The first kappa shape index (κ1) is 26.6. The zero-order valence-corrected chi connectivity index (χ0v) is 28.9. The van der Waals surface area contributed by atoms with E-state index in [9.17, 15) is 0 Å². The van der Waals surface area contributed by atoms with Crippen LogP contribution in [0.4, 0.5) is 0 Å². The van der Waals surface area contributed by atoms with E-state index in [0.29, 0.717) is 11.5 Å². The average molecular weight is 954 g/mol. The number of rotatable bonds is 4. The highest BCUT2D eigenvalue weighted by atomic mass is 79.9. The van der Waals surface area contributed by atoms with E-state index in [0.717, 1.165) is 58.0 Å². The number of benzene rings is 4. The second-order valence-corrected chi connectivity index (χ2v) is 13.1. The molecular weight excluding hydrogens is 943 g/mol. The Kier molecular flexibility index (Phi) is 9.08. The van der Waals surface area contributed by atoms with Crippen LogP contribution in [0.15, 0.2) is 96.4 Å². The first-order valence-corrected chi connectivity index (χ1v) is 15.6. The molecule has 4 rings (SSSR count). The molecule has 0 amide bonds. The second kappa shape index (κ2) is 11.3. The zero-order valence-electron chi connectivity index (χ0n) is 16.2. The number of ether oxygens (including phenoxy) is 1. The Morgan fingerprint density at radius 1 is 0.364 bits per heavy atom. The molecular formula is C24H10Br8O. The molecule has 0 heterocycles. The van der Waals surface area contributed by atoms with Crippen molar-refractivity contribution in [3.8, 4) is 33.8 Å². The van der Waals surface area contributed by atoms with Gasteiger partial charge in [0.15, 0.2) is 11.5 Å². The van der Waals surface area contributed by atoms with E-state index in [4.69, 9.17) is 4.74 Å². The summed E-state index contributed by atoms with van der Waals surface area (Å²) >= 11 is 29.8. The Labute approximate surface area is 259 Å². The standard InChI is InChI=1S/C24H10Br8O/c25-15-13(11-7-3-1-4-8-11)23(21(31)19(29)17(15)27)33-24-14(12-9-5-2-6-10-12)16(26)18(28)20(30)22(24)32/h1-10H. The molecule has 0 atom stereocenters. The van der Waals surface area contributed by atoms with Gasteiger partial charge in [0.1, 0.15) is 0 Å². The molecule has 0 radical (unpaired) electrons. The first-order valence-electron chi connectivity index (χ1n) is 9.24. The molecule has 33 heavy (non-hydrogen) atoms. The molecule has 0 aromatic heterocycles. The van der Waals surface area contributed by atoms with Crippen molar-refractivity contribution in [1.82, 2.24) is 0 Å². The summed E-state index contributed by atoms with van der Waals surface area (Å²) in [6.45, 7) is 0. The van der Waals surface area contributed by atoms with E-state index in [2.05, 4.69) is 152 Å². The number of hydrogen-bond acceptors (Lipinski definition) is 1. The van der Waals surface area contributed by atoms with Crippen molar-refractivity contribution in [2.24, 2.45) is 0 Å². The van der Waals surface area contributed by atoms with Gasteiger partial charge in [0.25, 0.3) is 0 Å². The van der Waals surface area contributed by atoms with Crippen LogP contribution < -0.4 is 4.74 Å². The van der Waals surface area contributed by atoms with Gasteiger partial charge in [-0.05, 0) is 139 Å². The summed E-state index contributed by atoms with van der Waals surface area (Å²) in [4.78, 5) is 0. The van der Waals surface area contributed by atoms with Crippen LogP contribution in [-0.4, -0.2) is 0 Å². The maximum Gasteiger partial charge on any atom is 0.151 e. The molecule has 1 nitrogen and oxygen atoms in total. The zero-order chi connectivity index (χ0) is 23.9. The van der Waals surface area contributed by atoms with Crippen molar-refractivity contribution in [2.45, 2.75) is 0 Å². The fraction of sp³-hybridized carbons (Fsp3) is 0. The van der Waals surface area contributed by atoms with E-state index in [-0.39, 0.29) is 0 Å². The molecule has 4 aromatic carbocycles. The van der Waals surface area contributed by atoms with E-state index >= 15 is 0 Å². The maximum absolute atomic E-state index is 6.79. The van der Waals surface area contributed by atoms with Crippen molar-refractivity contribution in [2.75, 3.05) is 0 Å². The van der Waals surface area contributed by atoms with E-state index in [1.807, 2.05) is 36.4 Å². The lowest BCUT2D eigenvalue weighted by molar-refractivity contribution is 0.478. The van der Waals surface area contributed by atoms with Crippen LogP contribution in [-0.2, 0) is 0 Å². The summed E-state index contributed by atoms with van der Waals surface area (Å²) < 4.78 is 13.6. The van der Waals surface area contributed by atoms with Gasteiger partial charge < -0.3 is 4.74 Å². The van der Waals surface area contributed by atoms with E-state index in [1.54, 1.807) is 0 Å². The molecule has 0 bridgehead atoms. The Morgan fingerprint density at radius 2 is 0.667 bits per heavy atom. The lowest BCUT2D eigenvalue weighted by atomic mass is 10.0. The van der Waals surface area contributed by atoms with Crippen LogP contribution in [0.1, 0.15) is 0 Å².